The number of hydrogen-bond donors (Lipinski definition) is 2. The molecule has 0 spiro atoms. The summed E-state index contributed by atoms with van der Waals surface area (Å²) < 4.78 is 57.8. The molecule has 0 saturated carbocycles. The highest BCUT2D eigenvalue weighted by Gasteiger charge is 2.32. The first-order valence-electron chi connectivity index (χ1n) is 12.2. The topological polar surface area (TPSA) is 92.4 Å². The van der Waals surface area contributed by atoms with E-state index >= 15 is 0 Å². The minimum Gasteiger partial charge on any atom is -0.364 e. The maximum atomic E-state index is 14.6. The molecule has 9 nitrogen and oxygen atoms in total. The molecule has 1 amide bonds. The molecule has 2 N–H and O–H groups in total. The smallest absolute Gasteiger partial charge is 0.364 e. The molecule has 1 saturated heterocycles. The van der Waals surface area contributed by atoms with E-state index < -0.39 is 30.7 Å². The van der Waals surface area contributed by atoms with Crippen molar-refractivity contribution in [2.75, 3.05) is 32.0 Å². The van der Waals surface area contributed by atoms with Crippen molar-refractivity contribution in [2.45, 2.75) is 57.5 Å². The monoisotopic (exact) mass is 534 g/mol. The van der Waals surface area contributed by atoms with Crippen molar-refractivity contribution in [1.29, 1.82) is 0 Å². The van der Waals surface area contributed by atoms with Crippen LogP contribution in [-0.2, 0) is 12.0 Å². The number of alkyl halides is 4. The molecule has 0 aliphatic carbocycles. The Morgan fingerprint density at radius 1 is 1.24 bits per heavy atom. The number of amides is 1. The van der Waals surface area contributed by atoms with Gasteiger partial charge in [0, 0.05) is 18.7 Å². The third-order valence-electron chi connectivity index (χ3n) is 6.17. The highest BCUT2D eigenvalue weighted by molar-refractivity contribution is 5.92. The van der Waals surface area contributed by atoms with Gasteiger partial charge in [0.05, 0.1) is 36.3 Å². The van der Waals surface area contributed by atoms with Crippen molar-refractivity contribution < 1.29 is 22.4 Å². The second-order valence-corrected chi connectivity index (χ2v) is 10.3. The summed E-state index contributed by atoms with van der Waals surface area (Å²) in [7, 11) is 1.84. The predicted molar refractivity (Wildman–Crippen MR) is 134 cm³/mol. The van der Waals surface area contributed by atoms with E-state index in [0.29, 0.717) is 18.8 Å². The zero-order valence-corrected chi connectivity index (χ0v) is 21.6. The Balaban J connectivity index is 1.55. The molecule has 0 unspecified atom stereocenters. The summed E-state index contributed by atoms with van der Waals surface area (Å²) in [5.41, 5.74) is -0.182. The Kier molecular flexibility index (Phi) is 7.64. The molecule has 0 aromatic carbocycles. The molecule has 13 heteroatoms. The SMILES string of the molecule is CN1CC[C@@H](Nc2cccc3c(CC(F)(F)F)c(C#CCNC(=O)c4cn(C(C)(C)C)nn4)nn23)[C@@H](F)C1. The van der Waals surface area contributed by atoms with Crippen LogP contribution >= 0.6 is 0 Å². The van der Waals surface area contributed by atoms with Gasteiger partial charge in [0.2, 0.25) is 0 Å². The maximum absolute atomic E-state index is 14.6. The first kappa shape index (κ1) is 27.4. The van der Waals surface area contributed by atoms with Gasteiger partial charge in [-0.1, -0.05) is 17.2 Å². The van der Waals surface area contributed by atoms with E-state index in [1.807, 2.05) is 32.7 Å². The van der Waals surface area contributed by atoms with Crippen molar-refractivity contribution in [2.24, 2.45) is 0 Å². The first-order valence-corrected chi connectivity index (χ1v) is 12.2. The molecule has 3 aromatic rings. The molecular weight excluding hydrogens is 504 g/mol. The summed E-state index contributed by atoms with van der Waals surface area (Å²) in [5, 5.41) is 17.8. The van der Waals surface area contributed by atoms with Crippen molar-refractivity contribution in [3.8, 4) is 11.8 Å². The standard InChI is InChI=1S/C25H30F4N8O/c1-24(2,3)36-15-20(32-34-36)23(38)30-11-6-7-18-16(13-25(27,28)29)21-8-5-9-22(37(21)33-18)31-19-10-12-35(4)14-17(19)26/h5,8-9,15,17,19,31H,10-14H2,1-4H3,(H,30,38)/t17-,19+/m0/s1. The Hall–Kier alpha value is -3.66. The summed E-state index contributed by atoms with van der Waals surface area (Å²) in [6.07, 6.45) is -4.81. The van der Waals surface area contributed by atoms with Crippen molar-refractivity contribution in [1.82, 2.24) is 34.8 Å². The molecule has 204 valence electrons. The van der Waals surface area contributed by atoms with Gasteiger partial charge in [-0.15, -0.1) is 5.10 Å². The number of piperidine rings is 1. The van der Waals surface area contributed by atoms with Crippen LogP contribution in [0.25, 0.3) is 5.52 Å². The van der Waals surface area contributed by atoms with Crippen LogP contribution in [0.3, 0.4) is 0 Å². The second kappa shape index (κ2) is 10.6. The highest BCUT2D eigenvalue weighted by atomic mass is 19.4. The minimum absolute atomic E-state index is 0.0651. The largest absolute Gasteiger partial charge is 0.393 e. The summed E-state index contributed by atoms with van der Waals surface area (Å²) in [6, 6.07) is 4.27. The van der Waals surface area contributed by atoms with Gasteiger partial charge in [0.25, 0.3) is 5.91 Å². The number of nitrogens with one attached hydrogen (secondary N) is 2. The Morgan fingerprint density at radius 2 is 2.00 bits per heavy atom. The van der Waals surface area contributed by atoms with E-state index in [1.165, 1.54) is 16.8 Å². The third kappa shape index (κ3) is 6.42. The fourth-order valence-electron chi connectivity index (χ4n) is 4.15. The Morgan fingerprint density at radius 3 is 2.66 bits per heavy atom. The molecule has 1 fully saturated rings. The number of nitrogens with zero attached hydrogens (tertiary/aromatic N) is 6. The quantitative estimate of drug-likeness (QED) is 0.386. The molecule has 4 heterocycles. The fourth-order valence-corrected chi connectivity index (χ4v) is 4.15. The second-order valence-electron chi connectivity index (χ2n) is 10.3. The van der Waals surface area contributed by atoms with E-state index in [1.54, 1.807) is 16.8 Å². The Bertz CT molecular complexity index is 1360. The number of hydrogen-bond acceptors (Lipinski definition) is 6. The summed E-state index contributed by atoms with van der Waals surface area (Å²) in [4.78, 5) is 14.3. The molecule has 2 atom stereocenters. The number of fused-ring (bicyclic) bond motifs is 1. The third-order valence-corrected chi connectivity index (χ3v) is 6.17. The highest BCUT2D eigenvalue weighted by Crippen LogP contribution is 2.28. The van der Waals surface area contributed by atoms with Crippen LogP contribution in [-0.4, -0.2) is 80.5 Å². The van der Waals surface area contributed by atoms with Crippen LogP contribution in [0.4, 0.5) is 23.4 Å². The molecule has 4 rings (SSSR count). The van der Waals surface area contributed by atoms with Crippen molar-refractivity contribution >= 4 is 17.2 Å². The van der Waals surface area contributed by atoms with Gasteiger partial charge in [-0.2, -0.15) is 18.3 Å². The molecule has 3 aromatic heterocycles. The zero-order chi connectivity index (χ0) is 27.7. The lowest BCUT2D eigenvalue weighted by Gasteiger charge is -2.33. The van der Waals surface area contributed by atoms with Gasteiger partial charge in [-0.25, -0.2) is 13.6 Å². The van der Waals surface area contributed by atoms with Crippen LogP contribution in [0.2, 0.25) is 0 Å². The number of pyridine rings is 1. The number of likely N-dealkylation sites (tertiary alicyclic amines) is 1. The van der Waals surface area contributed by atoms with E-state index in [2.05, 4.69) is 37.9 Å². The number of aromatic nitrogens is 5. The summed E-state index contributed by atoms with van der Waals surface area (Å²) in [5.74, 6) is 5.21. The lowest BCUT2D eigenvalue weighted by Crippen LogP contribution is -2.46. The maximum Gasteiger partial charge on any atom is 0.393 e. The lowest BCUT2D eigenvalue weighted by molar-refractivity contribution is -0.127. The Labute approximate surface area is 217 Å². The van der Waals surface area contributed by atoms with Crippen LogP contribution in [0.15, 0.2) is 24.4 Å². The number of rotatable bonds is 5. The molecule has 1 aliphatic rings. The average molecular weight is 535 g/mol. The minimum atomic E-state index is -4.49. The fraction of sp³-hybridized carbons (Fsp3) is 0.520. The van der Waals surface area contributed by atoms with Gasteiger partial charge in [-0.05, 0) is 52.3 Å². The molecule has 1 aliphatic heterocycles. The van der Waals surface area contributed by atoms with Gasteiger partial charge in [0.15, 0.2) is 5.69 Å². The summed E-state index contributed by atoms with van der Waals surface area (Å²) in [6.45, 7) is 6.56. The van der Waals surface area contributed by atoms with Crippen molar-refractivity contribution in [3.05, 3.63) is 41.3 Å². The molecule has 38 heavy (non-hydrogen) atoms. The average Bonchev–Trinajstić information content (AvgIpc) is 3.44. The van der Waals surface area contributed by atoms with Crippen LogP contribution in [0.1, 0.15) is 48.9 Å². The molecular formula is C25H30F4N8O. The number of carbonyl (C=O) groups is 1. The number of anilines is 1. The lowest BCUT2D eigenvalue weighted by atomic mass is 10.0. The number of carbonyl (C=O) groups excluding carboxylic acids is 1. The first-order chi connectivity index (χ1) is 17.8. The zero-order valence-electron chi connectivity index (χ0n) is 21.6. The normalized spacial score (nSPS) is 18.7. The van der Waals surface area contributed by atoms with E-state index in [-0.39, 0.29) is 41.1 Å². The predicted octanol–water partition coefficient (Wildman–Crippen LogP) is 3.02. The van der Waals surface area contributed by atoms with Gasteiger partial charge >= 0.3 is 6.18 Å². The number of halogens is 4. The van der Waals surface area contributed by atoms with Gasteiger partial charge in [0.1, 0.15) is 17.7 Å². The van der Waals surface area contributed by atoms with Gasteiger partial charge < -0.3 is 15.5 Å². The van der Waals surface area contributed by atoms with Crippen LogP contribution in [0, 0.1) is 11.8 Å². The van der Waals surface area contributed by atoms with Crippen LogP contribution < -0.4 is 10.6 Å². The molecule has 0 bridgehead atoms. The van der Waals surface area contributed by atoms with Gasteiger partial charge in [-0.3, -0.25) is 4.79 Å². The van der Waals surface area contributed by atoms with E-state index in [4.69, 9.17) is 0 Å². The van der Waals surface area contributed by atoms with E-state index in [0.717, 1.165) is 0 Å². The van der Waals surface area contributed by atoms with E-state index in [9.17, 15) is 22.4 Å². The van der Waals surface area contributed by atoms with Crippen LogP contribution in [0.5, 0.6) is 0 Å². The van der Waals surface area contributed by atoms with Crippen molar-refractivity contribution in [3.63, 3.8) is 0 Å². The molecule has 0 radical (unpaired) electrons. The summed E-state index contributed by atoms with van der Waals surface area (Å²) >= 11 is 0.